The molecule has 15 heavy (non-hydrogen) atoms. The summed E-state index contributed by atoms with van der Waals surface area (Å²) in [6.07, 6.45) is 0. The molecule has 0 aromatic heterocycles. The van der Waals surface area contributed by atoms with Crippen molar-refractivity contribution in [3.8, 4) is 0 Å². The minimum Gasteiger partial charge on any atom is -0.379 e. The summed E-state index contributed by atoms with van der Waals surface area (Å²) in [5.41, 5.74) is 7.56. The fourth-order valence-corrected chi connectivity index (χ4v) is 1.31. The second-order valence-electron chi connectivity index (χ2n) is 4.68. The molecule has 5 heteroatoms. The van der Waals surface area contributed by atoms with Gasteiger partial charge in [-0.1, -0.05) is 13.8 Å². The van der Waals surface area contributed by atoms with E-state index in [0.29, 0.717) is 25.7 Å². The molecule has 1 aliphatic rings. The molecular weight excluding hydrogens is 196 g/mol. The number of hydrogen-bond acceptors (Lipinski definition) is 4. The third-order valence-electron chi connectivity index (χ3n) is 2.62. The second-order valence-corrected chi connectivity index (χ2v) is 4.68. The fourth-order valence-electron chi connectivity index (χ4n) is 1.31. The van der Waals surface area contributed by atoms with Gasteiger partial charge in [0.25, 0.3) is 5.91 Å². The molecule has 0 radical (unpaired) electrons. The van der Waals surface area contributed by atoms with E-state index in [9.17, 15) is 4.79 Å². The molecule has 2 unspecified atom stereocenters. The van der Waals surface area contributed by atoms with Gasteiger partial charge in [-0.05, 0) is 12.8 Å². The fraction of sp³-hybridized carbons (Fsp3) is 0.900. The van der Waals surface area contributed by atoms with Crippen LogP contribution in [0.4, 0.5) is 0 Å². The Balaban J connectivity index is 2.39. The van der Waals surface area contributed by atoms with E-state index in [1.165, 1.54) is 0 Å². The van der Waals surface area contributed by atoms with Gasteiger partial charge in [0.05, 0.1) is 25.2 Å². The number of ether oxygens (including phenoxy) is 1. The van der Waals surface area contributed by atoms with Crippen molar-refractivity contribution in [2.24, 2.45) is 17.1 Å². The van der Waals surface area contributed by atoms with E-state index in [1.807, 2.05) is 13.8 Å². The normalized spacial score (nSPS) is 30.9. The SMILES string of the molecule is CC(C)CONC(=O)C1(C)COCC1N. The lowest BCUT2D eigenvalue weighted by molar-refractivity contribution is -0.144. The van der Waals surface area contributed by atoms with Crippen molar-refractivity contribution < 1.29 is 14.4 Å². The maximum absolute atomic E-state index is 11.8. The minimum absolute atomic E-state index is 0.201. The highest BCUT2D eigenvalue weighted by atomic mass is 16.7. The molecule has 0 aromatic carbocycles. The van der Waals surface area contributed by atoms with Gasteiger partial charge in [0.2, 0.25) is 0 Å². The quantitative estimate of drug-likeness (QED) is 0.651. The van der Waals surface area contributed by atoms with Crippen LogP contribution in [0.1, 0.15) is 20.8 Å². The Morgan fingerprint density at radius 2 is 2.40 bits per heavy atom. The topological polar surface area (TPSA) is 73.6 Å². The summed E-state index contributed by atoms with van der Waals surface area (Å²) >= 11 is 0. The molecule has 1 aliphatic heterocycles. The molecular formula is C10H20N2O3. The highest BCUT2D eigenvalue weighted by Crippen LogP contribution is 2.26. The molecule has 88 valence electrons. The molecule has 0 aliphatic carbocycles. The Morgan fingerprint density at radius 3 is 2.87 bits per heavy atom. The van der Waals surface area contributed by atoms with Gasteiger partial charge >= 0.3 is 0 Å². The molecule has 5 nitrogen and oxygen atoms in total. The van der Waals surface area contributed by atoms with Crippen LogP contribution < -0.4 is 11.2 Å². The van der Waals surface area contributed by atoms with E-state index in [1.54, 1.807) is 6.92 Å². The van der Waals surface area contributed by atoms with E-state index in [4.69, 9.17) is 15.3 Å². The van der Waals surface area contributed by atoms with E-state index < -0.39 is 5.41 Å². The third-order valence-corrected chi connectivity index (χ3v) is 2.62. The number of carbonyl (C=O) groups is 1. The van der Waals surface area contributed by atoms with Gasteiger partial charge in [0.15, 0.2) is 0 Å². The number of hydroxylamine groups is 1. The number of amides is 1. The number of nitrogens with one attached hydrogen (secondary N) is 1. The summed E-state index contributed by atoms with van der Waals surface area (Å²) in [6.45, 7) is 7.09. The zero-order chi connectivity index (χ0) is 11.5. The van der Waals surface area contributed by atoms with Gasteiger partial charge in [0.1, 0.15) is 0 Å². The van der Waals surface area contributed by atoms with Crippen molar-refractivity contribution in [2.75, 3.05) is 19.8 Å². The summed E-state index contributed by atoms with van der Waals surface area (Å²) in [7, 11) is 0. The Bertz CT molecular complexity index is 233. The summed E-state index contributed by atoms with van der Waals surface area (Å²) in [5.74, 6) is 0.180. The van der Waals surface area contributed by atoms with Crippen LogP contribution in [0.2, 0.25) is 0 Å². The highest BCUT2D eigenvalue weighted by Gasteiger charge is 2.44. The molecule has 2 atom stereocenters. The van der Waals surface area contributed by atoms with Gasteiger partial charge in [-0.15, -0.1) is 0 Å². The molecule has 0 bridgehead atoms. The number of rotatable bonds is 4. The van der Waals surface area contributed by atoms with Crippen molar-refractivity contribution in [2.45, 2.75) is 26.8 Å². The standard InChI is InChI=1S/C10H20N2O3/c1-7(2)4-15-12-9(13)10(3)6-14-5-8(10)11/h7-8H,4-6,11H2,1-3H3,(H,12,13). The average Bonchev–Trinajstić information content (AvgIpc) is 2.47. The lowest BCUT2D eigenvalue weighted by atomic mass is 9.85. The van der Waals surface area contributed by atoms with Crippen LogP contribution in [0, 0.1) is 11.3 Å². The van der Waals surface area contributed by atoms with Gasteiger partial charge in [0, 0.05) is 6.04 Å². The van der Waals surface area contributed by atoms with Crippen LogP contribution in [-0.4, -0.2) is 31.8 Å². The zero-order valence-electron chi connectivity index (χ0n) is 9.58. The van der Waals surface area contributed by atoms with E-state index >= 15 is 0 Å². The maximum atomic E-state index is 11.8. The van der Waals surface area contributed by atoms with Crippen LogP contribution in [0.15, 0.2) is 0 Å². The van der Waals surface area contributed by atoms with E-state index in [-0.39, 0.29) is 11.9 Å². The van der Waals surface area contributed by atoms with Gasteiger partial charge in [-0.2, -0.15) is 0 Å². The van der Waals surface area contributed by atoms with E-state index in [0.717, 1.165) is 0 Å². The lowest BCUT2D eigenvalue weighted by Gasteiger charge is -2.25. The molecule has 0 spiro atoms. The second kappa shape index (κ2) is 4.92. The van der Waals surface area contributed by atoms with Crippen LogP contribution in [0.25, 0.3) is 0 Å². The Morgan fingerprint density at radius 1 is 1.73 bits per heavy atom. The Kier molecular flexibility index (Phi) is 4.07. The Labute approximate surface area is 90.3 Å². The largest absolute Gasteiger partial charge is 0.379 e. The van der Waals surface area contributed by atoms with Crippen LogP contribution in [-0.2, 0) is 14.4 Å². The lowest BCUT2D eigenvalue weighted by Crippen LogP contribution is -2.50. The first-order valence-corrected chi connectivity index (χ1v) is 5.22. The highest BCUT2D eigenvalue weighted by molar-refractivity contribution is 5.82. The van der Waals surface area contributed by atoms with Crippen molar-refractivity contribution in [1.29, 1.82) is 0 Å². The summed E-state index contributed by atoms with van der Waals surface area (Å²) in [4.78, 5) is 16.8. The van der Waals surface area contributed by atoms with Crippen molar-refractivity contribution >= 4 is 5.91 Å². The smallest absolute Gasteiger partial charge is 0.253 e. The number of hydrogen-bond donors (Lipinski definition) is 2. The first kappa shape index (κ1) is 12.4. The molecule has 1 amide bonds. The number of carbonyl (C=O) groups excluding carboxylic acids is 1. The van der Waals surface area contributed by atoms with Crippen LogP contribution in [0.3, 0.4) is 0 Å². The van der Waals surface area contributed by atoms with Gasteiger partial charge in [-0.25, -0.2) is 5.48 Å². The van der Waals surface area contributed by atoms with Gasteiger partial charge in [-0.3, -0.25) is 9.63 Å². The predicted octanol–water partition coefficient (Wildman–Crippen LogP) is 0.0540. The Hall–Kier alpha value is -0.650. The van der Waals surface area contributed by atoms with Crippen molar-refractivity contribution in [3.05, 3.63) is 0 Å². The van der Waals surface area contributed by atoms with Crippen molar-refractivity contribution in [3.63, 3.8) is 0 Å². The molecule has 1 heterocycles. The molecule has 1 saturated heterocycles. The average molecular weight is 216 g/mol. The molecule has 1 fully saturated rings. The van der Waals surface area contributed by atoms with E-state index in [2.05, 4.69) is 5.48 Å². The summed E-state index contributed by atoms with van der Waals surface area (Å²) in [5, 5.41) is 0. The summed E-state index contributed by atoms with van der Waals surface area (Å²) < 4.78 is 5.18. The van der Waals surface area contributed by atoms with Crippen LogP contribution in [0.5, 0.6) is 0 Å². The number of nitrogens with two attached hydrogens (primary N) is 1. The maximum Gasteiger partial charge on any atom is 0.253 e. The van der Waals surface area contributed by atoms with Crippen LogP contribution >= 0.6 is 0 Å². The third kappa shape index (κ3) is 2.90. The molecule has 3 N–H and O–H groups in total. The monoisotopic (exact) mass is 216 g/mol. The van der Waals surface area contributed by atoms with Gasteiger partial charge < -0.3 is 10.5 Å². The molecule has 0 aromatic rings. The first-order valence-electron chi connectivity index (χ1n) is 5.22. The predicted molar refractivity (Wildman–Crippen MR) is 55.8 cm³/mol. The zero-order valence-corrected chi connectivity index (χ0v) is 9.58. The molecule has 0 saturated carbocycles. The summed E-state index contributed by atoms with van der Waals surface area (Å²) in [6, 6.07) is -0.264. The molecule has 1 rings (SSSR count). The first-order chi connectivity index (χ1) is 6.97. The van der Waals surface area contributed by atoms with Crippen molar-refractivity contribution in [1.82, 2.24) is 5.48 Å². The minimum atomic E-state index is -0.670.